The highest BCUT2D eigenvalue weighted by Gasteiger charge is 2.45. The van der Waals surface area contributed by atoms with E-state index >= 15 is 0 Å². The number of anilines is 1. The van der Waals surface area contributed by atoms with Gasteiger partial charge >= 0.3 is 0 Å². The molecule has 1 N–H and O–H groups in total. The number of piperidine rings is 1. The lowest BCUT2D eigenvalue weighted by atomic mass is 9.76. The number of hydrogen-bond acceptors (Lipinski definition) is 3. The van der Waals surface area contributed by atoms with Crippen LogP contribution in [0.5, 0.6) is 5.75 Å². The predicted molar refractivity (Wildman–Crippen MR) is 75.7 cm³/mol. The second-order valence-electron chi connectivity index (χ2n) is 5.82. The maximum absolute atomic E-state index is 12.4. The van der Waals surface area contributed by atoms with E-state index in [9.17, 15) is 14.7 Å². The lowest BCUT2D eigenvalue weighted by Crippen LogP contribution is -2.47. The van der Waals surface area contributed by atoms with E-state index in [2.05, 4.69) is 0 Å². The topological polar surface area (TPSA) is 57.6 Å². The molecule has 0 unspecified atom stereocenters. The summed E-state index contributed by atoms with van der Waals surface area (Å²) in [6, 6.07) is 4.45. The van der Waals surface area contributed by atoms with E-state index in [1.54, 1.807) is 6.07 Å². The number of phenols is 1. The fourth-order valence-electron chi connectivity index (χ4n) is 3.41. The van der Waals surface area contributed by atoms with Gasteiger partial charge < -0.3 is 5.11 Å². The van der Waals surface area contributed by atoms with Gasteiger partial charge in [0.1, 0.15) is 5.75 Å². The van der Waals surface area contributed by atoms with Crippen LogP contribution < -0.4 is 4.90 Å². The number of phenolic OH excluding ortho intramolecular Hbond substituents is 1. The smallest absolute Gasteiger partial charge is 0.234 e. The summed E-state index contributed by atoms with van der Waals surface area (Å²) in [7, 11) is 0. The third kappa shape index (κ3) is 2.18. The van der Waals surface area contributed by atoms with E-state index in [0.717, 1.165) is 25.7 Å². The van der Waals surface area contributed by atoms with Gasteiger partial charge in [0.15, 0.2) is 0 Å². The maximum atomic E-state index is 12.4. The fraction of sp³-hybridized carbons (Fsp3) is 0.467. The van der Waals surface area contributed by atoms with Gasteiger partial charge in [-0.25, -0.2) is 0 Å². The Morgan fingerprint density at radius 3 is 2.25 bits per heavy atom. The normalized spacial score (nSPS) is 21.8. The zero-order valence-electron chi connectivity index (χ0n) is 11.1. The Morgan fingerprint density at radius 2 is 1.70 bits per heavy atom. The predicted octanol–water partition coefficient (Wildman–Crippen LogP) is 3.26. The molecule has 1 saturated heterocycles. The highest BCUT2D eigenvalue weighted by atomic mass is 35.5. The molecular weight excluding hydrogens is 278 g/mol. The van der Waals surface area contributed by atoms with Crippen molar-refractivity contribution < 1.29 is 14.7 Å². The van der Waals surface area contributed by atoms with Gasteiger partial charge in [-0.2, -0.15) is 0 Å². The third-order valence-electron chi connectivity index (χ3n) is 4.40. The van der Waals surface area contributed by atoms with Crippen LogP contribution in [0.25, 0.3) is 0 Å². The minimum atomic E-state index is -0.176. The molecule has 0 aromatic heterocycles. The average Bonchev–Trinajstić information content (AvgIpc) is 2.80. The number of halogens is 1. The van der Waals surface area contributed by atoms with Crippen LogP contribution >= 0.6 is 11.6 Å². The molecule has 4 nitrogen and oxygen atoms in total. The first kappa shape index (κ1) is 13.4. The molecule has 1 saturated carbocycles. The third-order valence-corrected chi connectivity index (χ3v) is 4.72. The lowest BCUT2D eigenvalue weighted by Gasteiger charge is -2.37. The number of aromatic hydroxyl groups is 1. The zero-order chi connectivity index (χ0) is 14.3. The van der Waals surface area contributed by atoms with E-state index in [4.69, 9.17) is 11.6 Å². The van der Waals surface area contributed by atoms with Crippen LogP contribution in [0.2, 0.25) is 5.02 Å². The van der Waals surface area contributed by atoms with Crippen molar-refractivity contribution in [3.8, 4) is 5.75 Å². The molecule has 20 heavy (non-hydrogen) atoms. The molecule has 1 spiro atoms. The van der Waals surface area contributed by atoms with Gasteiger partial charge in [0.25, 0.3) is 0 Å². The summed E-state index contributed by atoms with van der Waals surface area (Å²) in [6.45, 7) is 0. The summed E-state index contributed by atoms with van der Waals surface area (Å²) >= 11 is 5.75. The van der Waals surface area contributed by atoms with Gasteiger partial charge in [-0.15, -0.1) is 0 Å². The Kier molecular flexibility index (Phi) is 3.21. The number of rotatable bonds is 1. The molecular formula is C15H16ClNO3. The van der Waals surface area contributed by atoms with Gasteiger partial charge in [0, 0.05) is 18.9 Å². The number of hydrogen-bond donors (Lipinski definition) is 1. The molecule has 1 aromatic rings. The molecule has 2 aliphatic rings. The summed E-state index contributed by atoms with van der Waals surface area (Å²) in [6.07, 6.45) is 4.96. The standard InChI is InChI=1S/C15H16ClNO3/c16-11-4-3-10(7-12(11)18)17-13(19)8-15(9-14(17)20)5-1-2-6-15/h3-4,7,18H,1-2,5-6,8-9H2. The van der Waals surface area contributed by atoms with Crippen molar-refractivity contribution in [2.24, 2.45) is 5.41 Å². The Bertz CT molecular complexity index is 558. The van der Waals surface area contributed by atoms with Crippen LogP contribution in [0.4, 0.5) is 5.69 Å². The first-order valence-electron chi connectivity index (χ1n) is 6.85. The summed E-state index contributed by atoms with van der Waals surface area (Å²) < 4.78 is 0. The lowest BCUT2D eigenvalue weighted by molar-refractivity contribution is -0.133. The second kappa shape index (κ2) is 4.77. The number of carbonyl (C=O) groups is 2. The summed E-state index contributed by atoms with van der Waals surface area (Å²) in [5.41, 5.74) is 0.286. The molecule has 1 aromatic carbocycles. The first-order valence-corrected chi connectivity index (χ1v) is 7.23. The number of amides is 2. The molecule has 1 heterocycles. The minimum absolute atomic E-state index is 0.112. The molecule has 106 valence electrons. The van der Waals surface area contributed by atoms with Crippen molar-refractivity contribution in [2.75, 3.05) is 4.90 Å². The Hall–Kier alpha value is -1.55. The van der Waals surface area contributed by atoms with Crippen LogP contribution in [0, 0.1) is 5.41 Å². The van der Waals surface area contributed by atoms with Crippen LogP contribution in [0.1, 0.15) is 38.5 Å². The van der Waals surface area contributed by atoms with Crippen LogP contribution in [0.15, 0.2) is 18.2 Å². The maximum Gasteiger partial charge on any atom is 0.234 e. The Balaban J connectivity index is 1.89. The average molecular weight is 294 g/mol. The number of nitrogens with zero attached hydrogens (tertiary/aromatic N) is 1. The molecule has 0 radical (unpaired) electrons. The van der Waals surface area contributed by atoms with E-state index in [-0.39, 0.29) is 28.0 Å². The first-order chi connectivity index (χ1) is 9.51. The SMILES string of the molecule is O=C1CC2(CCCC2)CC(=O)N1c1ccc(Cl)c(O)c1. The van der Waals surface area contributed by atoms with Crippen LogP contribution in [-0.2, 0) is 9.59 Å². The molecule has 0 bridgehead atoms. The molecule has 0 atom stereocenters. The van der Waals surface area contributed by atoms with E-state index in [1.807, 2.05) is 0 Å². The zero-order valence-corrected chi connectivity index (χ0v) is 11.8. The van der Waals surface area contributed by atoms with E-state index in [1.165, 1.54) is 17.0 Å². The van der Waals surface area contributed by atoms with Crippen molar-refractivity contribution in [2.45, 2.75) is 38.5 Å². The van der Waals surface area contributed by atoms with Gasteiger partial charge in [-0.3, -0.25) is 14.5 Å². The van der Waals surface area contributed by atoms with Gasteiger partial charge in [-0.1, -0.05) is 24.4 Å². The van der Waals surface area contributed by atoms with Gasteiger partial charge in [0.2, 0.25) is 11.8 Å². The highest BCUT2D eigenvalue weighted by molar-refractivity contribution is 6.32. The van der Waals surface area contributed by atoms with Crippen LogP contribution in [-0.4, -0.2) is 16.9 Å². The molecule has 2 amide bonds. The van der Waals surface area contributed by atoms with Crippen molar-refractivity contribution in [3.63, 3.8) is 0 Å². The number of benzene rings is 1. The van der Waals surface area contributed by atoms with E-state index < -0.39 is 0 Å². The monoisotopic (exact) mass is 293 g/mol. The Morgan fingerprint density at radius 1 is 1.10 bits per heavy atom. The Labute approximate surface area is 122 Å². The van der Waals surface area contributed by atoms with Crippen LogP contribution in [0.3, 0.4) is 0 Å². The summed E-state index contributed by atoms with van der Waals surface area (Å²) in [5, 5.41) is 9.83. The van der Waals surface area contributed by atoms with Crippen molar-refractivity contribution in [1.29, 1.82) is 0 Å². The molecule has 3 rings (SSSR count). The van der Waals surface area contributed by atoms with Crippen molar-refractivity contribution in [1.82, 2.24) is 0 Å². The molecule has 1 aliphatic carbocycles. The van der Waals surface area contributed by atoms with Crippen molar-refractivity contribution in [3.05, 3.63) is 23.2 Å². The van der Waals surface area contributed by atoms with Gasteiger partial charge in [0.05, 0.1) is 10.7 Å². The van der Waals surface area contributed by atoms with E-state index in [0.29, 0.717) is 18.5 Å². The van der Waals surface area contributed by atoms with Gasteiger partial charge in [-0.05, 0) is 30.4 Å². The summed E-state index contributed by atoms with van der Waals surface area (Å²) in [5.74, 6) is -0.472. The summed E-state index contributed by atoms with van der Waals surface area (Å²) in [4.78, 5) is 25.9. The second-order valence-corrected chi connectivity index (χ2v) is 6.23. The largest absolute Gasteiger partial charge is 0.506 e. The minimum Gasteiger partial charge on any atom is -0.506 e. The fourth-order valence-corrected chi connectivity index (χ4v) is 3.53. The molecule has 1 aliphatic heterocycles. The number of carbonyl (C=O) groups excluding carboxylic acids is 2. The van der Waals surface area contributed by atoms with Crippen molar-refractivity contribution >= 4 is 29.1 Å². The number of imide groups is 1. The quantitative estimate of drug-likeness (QED) is 0.809. The molecule has 5 heteroatoms. The highest BCUT2D eigenvalue weighted by Crippen LogP contribution is 2.47. The molecule has 2 fully saturated rings.